The van der Waals surface area contributed by atoms with Crippen LogP contribution in [0.4, 0.5) is 5.69 Å². The fourth-order valence-corrected chi connectivity index (χ4v) is 3.80. The summed E-state index contributed by atoms with van der Waals surface area (Å²) in [5.74, 6) is -0.185. The maximum Gasteiger partial charge on any atom is 0.272 e. The zero-order valence-electron chi connectivity index (χ0n) is 15.4. The lowest BCUT2D eigenvalue weighted by molar-refractivity contribution is -0.385. The summed E-state index contributed by atoms with van der Waals surface area (Å²) < 4.78 is 5.35. The molecular formula is C18H22N4O4S. The van der Waals surface area contributed by atoms with Crippen LogP contribution in [-0.2, 0) is 17.8 Å². The van der Waals surface area contributed by atoms with E-state index in [1.165, 1.54) is 12.1 Å². The van der Waals surface area contributed by atoms with Gasteiger partial charge >= 0.3 is 0 Å². The molecule has 0 N–H and O–H groups in total. The predicted molar refractivity (Wildman–Crippen MR) is 102 cm³/mol. The largest absolute Gasteiger partial charge is 0.379 e. The van der Waals surface area contributed by atoms with Crippen LogP contribution in [0.2, 0.25) is 0 Å². The first-order chi connectivity index (χ1) is 12.9. The second-order valence-electron chi connectivity index (χ2n) is 6.54. The highest BCUT2D eigenvalue weighted by molar-refractivity contribution is 7.09. The molecule has 0 spiro atoms. The summed E-state index contributed by atoms with van der Waals surface area (Å²) in [5, 5.41) is 13.9. The van der Waals surface area contributed by atoms with E-state index in [1.807, 2.05) is 5.38 Å². The minimum Gasteiger partial charge on any atom is -0.379 e. The van der Waals surface area contributed by atoms with Gasteiger partial charge in [0.15, 0.2) is 0 Å². The molecule has 0 bridgehead atoms. The molecule has 144 valence electrons. The Labute approximate surface area is 161 Å². The molecule has 0 aliphatic carbocycles. The van der Waals surface area contributed by atoms with E-state index in [0.29, 0.717) is 17.7 Å². The Morgan fingerprint density at radius 3 is 2.81 bits per heavy atom. The fourth-order valence-electron chi connectivity index (χ4n) is 2.97. The van der Waals surface area contributed by atoms with Crippen LogP contribution >= 0.6 is 11.3 Å². The second kappa shape index (κ2) is 8.55. The number of ether oxygens (including phenoxy) is 1. The number of thiazole rings is 1. The van der Waals surface area contributed by atoms with E-state index >= 15 is 0 Å². The normalized spacial score (nSPS) is 14.9. The first kappa shape index (κ1) is 19.4. The van der Waals surface area contributed by atoms with E-state index in [4.69, 9.17) is 4.74 Å². The van der Waals surface area contributed by atoms with Crippen LogP contribution in [0.1, 0.15) is 26.6 Å². The molecule has 1 aliphatic rings. The van der Waals surface area contributed by atoms with Gasteiger partial charge in [-0.05, 0) is 19.1 Å². The minimum absolute atomic E-state index is 0.0152. The zero-order chi connectivity index (χ0) is 19.4. The Kier molecular flexibility index (Phi) is 6.15. The van der Waals surface area contributed by atoms with Crippen LogP contribution in [0.5, 0.6) is 0 Å². The third-order valence-corrected chi connectivity index (χ3v) is 5.33. The number of hydrogen-bond acceptors (Lipinski definition) is 7. The number of amides is 1. The second-order valence-corrected chi connectivity index (χ2v) is 7.48. The number of morpholine rings is 1. The van der Waals surface area contributed by atoms with Gasteiger partial charge in [-0.1, -0.05) is 0 Å². The lowest BCUT2D eigenvalue weighted by Crippen LogP contribution is -2.35. The van der Waals surface area contributed by atoms with Crippen LogP contribution in [0.15, 0.2) is 23.6 Å². The van der Waals surface area contributed by atoms with Gasteiger partial charge in [-0.3, -0.25) is 19.8 Å². The molecule has 0 atom stereocenters. The van der Waals surface area contributed by atoms with Crippen LogP contribution < -0.4 is 0 Å². The highest BCUT2D eigenvalue weighted by Gasteiger charge is 2.18. The van der Waals surface area contributed by atoms with Gasteiger partial charge in [-0.2, -0.15) is 0 Å². The van der Waals surface area contributed by atoms with Crippen molar-refractivity contribution < 1.29 is 14.5 Å². The molecule has 1 aliphatic heterocycles. The first-order valence-corrected chi connectivity index (χ1v) is 9.56. The number of carbonyl (C=O) groups excluding carboxylic acids is 1. The van der Waals surface area contributed by atoms with Gasteiger partial charge in [0.05, 0.1) is 36.9 Å². The van der Waals surface area contributed by atoms with Gasteiger partial charge in [-0.15, -0.1) is 11.3 Å². The number of benzene rings is 1. The number of nitrogens with zero attached hydrogens (tertiary/aromatic N) is 4. The standard InChI is InChI=1S/C18H22N4O4S/c1-13-9-14(3-4-16(13)22(24)25)18(23)20(2)10-15-12-27-17(19-15)11-21-5-7-26-8-6-21/h3-4,9,12H,5-8,10-11H2,1-2H3. The fraction of sp³-hybridized carbons (Fsp3) is 0.444. The van der Waals surface area contributed by atoms with E-state index in [2.05, 4.69) is 9.88 Å². The van der Waals surface area contributed by atoms with Crippen LogP contribution in [0, 0.1) is 17.0 Å². The van der Waals surface area contributed by atoms with Crippen molar-refractivity contribution in [1.82, 2.24) is 14.8 Å². The molecule has 1 amide bonds. The van der Waals surface area contributed by atoms with Gasteiger partial charge in [0.2, 0.25) is 0 Å². The van der Waals surface area contributed by atoms with Gasteiger partial charge in [-0.25, -0.2) is 4.98 Å². The summed E-state index contributed by atoms with van der Waals surface area (Å²) in [7, 11) is 1.71. The highest BCUT2D eigenvalue weighted by Crippen LogP contribution is 2.20. The Morgan fingerprint density at radius 2 is 2.15 bits per heavy atom. The number of nitro benzene ring substituents is 1. The summed E-state index contributed by atoms with van der Waals surface area (Å²) in [4.78, 5) is 31.6. The number of hydrogen-bond donors (Lipinski definition) is 0. The predicted octanol–water partition coefficient (Wildman–Crippen LogP) is 2.46. The number of rotatable bonds is 6. The average Bonchev–Trinajstić information content (AvgIpc) is 3.08. The molecule has 3 rings (SSSR count). The first-order valence-electron chi connectivity index (χ1n) is 8.68. The Morgan fingerprint density at radius 1 is 1.41 bits per heavy atom. The SMILES string of the molecule is Cc1cc(C(=O)N(C)Cc2csc(CN3CCOCC3)n2)ccc1[N+](=O)[O-]. The van der Waals surface area contributed by atoms with Crippen LogP contribution in [0.25, 0.3) is 0 Å². The summed E-state index contributed by atoms with van der Waals surface area (Å²) in [6, 6.07) is 4.43. The van der Waals surface area contributed by atoms with Crippen LogP contribution in [-0.4, -0.2) is 59.0 Å². The third kappa shape index (κ3) is 4.88. The molecule has 0 saturated carbocycles. The smallest absolute Gasteiger partial charge is 0.272 e. The van der Waals surface area contributed by atoms with Crippen molar-refractivity contribution in [3.63, 3.8) is 0 Å². The third-order valence-electron chi connectivity index (χ3n) is 4.45. The van der Waals surface area contributed by atoms with Gasteiger partial charge < -0.3 is 9.64 Å². The molecule has 1 saturated heterocycles. The van der Waals surface area contributed by atoms with E-state index in [1.54, 1.807) is 36.3 Å². The molecule has 9 heteroatoms. The van der Waals surface area contributed by atoms with Crippen molar-refractivity contribution in [1.29, 1.82) is 0 Å². The highest BCUT2D eigenvalue weighted by atomic mass is 32.1. The molecule has 2 aromatic rings. The molecule has 1 fully saturated rings. The van der Waals surface area contributed by atoms with E-state index in [-0.39, 0.29) is 11.6 Å². The number of aromatic nitrogens is 1. The molecule has 8 nitrogen and oxygen atoms in total. The number of aryl methyl sites for hydroxylation is 1. The number of nitro groups is 1. The summed E-state index contributed by atoms with van der Waals surface area (Å²) >= 11 is 1.59. The maximum absolute atomic E-state index is 12.6. The lowest BCUT2D eigenvalue weighted by atomic mass is 10.1. The Hall–Kier alpha value is -2.36. The average molecular weight is 390 g/mol. The molecular weight excluding hydrogens is 368 g/mol. The zero-order valence-corrected chi connectivity index (χ0v) is 16.2. The Balaban J connectivity index is 1.61. The summed E-state index contributed by atoms with van der Waals surface area (Å²) in [6.45, 7) is 6.16. The van der Waals surface area contributed by atoms with Crippen molar-refractivity contribution >= 4 is 22.9 Å². The van der Waals surface area contributed by atoms with Crippen molar-refractivity contribution in [2.75, 3.05) is 33.4 Å². The van der Waals surface area contributed by atoms with Gasteiger partial charge in [0, 0.05) is 42.7 Å². The van der Waals surface area contributed by atoms with Crippen molar-refractivity contribution in [2.45, 2.75) is 20.0 Å². The van der Waals surface area contributed by atoms with Gasteiger partial charge in [0.25, 0.3) is 11.6 Å². The quantitative estimate of drug-likeness (QED) is 0.556. The minimum atomic E-state index is -0.446. The molecule has 27 heavy (non-hydrogen) atoms. The van der Waals surface area contributed by atoms with Crippen molar-refractivity contribution in [2.24, 2.45) is 0 Å². The molecule has 1 aromatic heterocycles. The van der Waals surface area contributed by atoms with Gasteiger partial charge in [0.1, 0.15) is 5.01 Å². The van der Waals surface area contributed by atoms with E-state index < -0.39 is 4.92 Å². The van der Waals surface area contributed by atoms with Crippen LogP contribution in [0.3, 0.4) is 0 Å². The number of carbonyl (C=O) groups is 1. The summed E-state index contributed by atoms with van der Waals surface area (Å²) in [6.07, 6.45) is 0. The molecule has 1 aromatic carbocycles. The summed E-state index contributed by atoms with van der Waals surface area (Å²) in [5.41, 5.74) is 1.77. The monoisotopic (exact) mass is 390 g/mol. The van der Waals surface area contributed by atoms with E-state index in [0.717, 1.165) is 43.5 Å². The lowest BCUT2D eigenvalue weighted by Gasteiger charge is -2.25. The molecule has 2 heterocycles. The van der Waals surface area contributed by atoms with E-state index in [9.17, 15) is 14.9 Å². The van der Waals surface area contributed by atoms with Crippen molar-refractivity contribution in [3.8, 4) is 0 Å². The molecule has 0 unspecified atom stereocenters. The maximum atomic E-state index is 12.6. The topological polar surface area (TPSA) is 88.8 Å². The Bertz CT molecular complexity index is 833. The molecule has 0 radical (unpaired) electrons. The van der Waals surface area contributed by atoms with Crippen molar-refractivity contribution in [3.05, 3.63) is 55.5 Å².